The van der Waals surface area contributed by atoms with E-state index in [0.717, 1.165) is 11.3 Å². The van der Waals surface area contributed by atoms with Crippen molar-refractivity contribution in [1.29, 1.82) is 0 Å². The van der Waals surface area contributed by atoms with Crippen LogP contribution in [0.4, 0.5) is 0 Å². The van der Waals surface area contributed by atoms with E-state index < -0.39 is 23.6 Å². The van der Waals surface area contributed by atoms with E-state index in [2.05, 4.69) is 5.32 Å². The first-order valence-corrected chi connectivity index (χ1v) is 9.37. The summed E-state index contributed by atoms with van der Waals surface area (Å²) in [4.78, 5) is 27.4. The molecule has 2 aliphatic rings. The van der Waals surface area contributed by atoms with Gasteiger partial charge in [0.2, 0.25) is 5.91 Å². The lowest BCUT2D eigenvalue weighted by Crippen LogP contribution is -2.81. The van der Waals surface area contributed by atoms with Crippen molar-refractivity contribution in [1.82, 2.24) is 10.2 Å². The smallest absolute Gasteiger partial charge is 0.254 e. The zero-order valence-electron chi connectivity index (χ0n) is 16.2. The van der Waals surface area contributed by atoms with Crippen molar-refractivity contribution >= 4 is 11.8 Å². The summed E-state index contributed by atoms with van der Waals surface area (Å²) in [6, 6.07) is 6.68. The van der Waals surface area contributed by atoms with Gasteiger partial charge in [-0.05, 0) is 37.0 Å². The molecule has 1 aromatic carbocycles. The Labute approximate surface area is 159 Å². The molecule has 2 saturated heterocycles. The first-order valence-electron chi connectivity index (χ1n) is 9.37. The molecule has 3 N–H and O–H groups in total. The molecule has 2 aliphatic heterocycles. The van der Waals surface area contributed by atoms with Gasteiger partial charge in [0.15, 0.2) is 5.54 Å². The SMILES string of the molecule is COc1ccc([C@H](C)N2C(=O)[C@]3([C@@H](O)C(C)C)NC(=O)[C@H](CCO)[C@H]23)cc1. The van der Waals surface area contributed by atoms with Crippen molar-refractivity contribution in [2.24, 2.45) is 11.8 Å². The molecule has 0 aromatic heterocycles. The molecule has 0 radical (unpaired) electrons. The molecule has 0 spiro atoms. The molecule has 1 aromatic rings. The second kappa shape index (κ2) is 7.13. The number of β-lactam (4-membered cyclic amide) rings is 1. The van der Waals surface area contributed by atoms with E-state index >= 15 is 0 Å². The summed E-state index contributed by atoms with van der Waals surface area (Å²) in [5.41, 5.74) is -0.384. The Morgan fingerprint density at radius 1 is 1.22 bits per heavy atom. The fourth-order valence-electron chi connectivity index (χ4n) is 4.49. The monoisotopic (exact) mass is 376 g/mol. The third-order valence-electron chi connectivity index (χ3n) is 5.96. The number of nitrogens with zero attached hydrogens (tertiary/aromatic N) is 1. The third-order valence-corrected chi connectivity index (χ3v) is 5.96. The van der Waals surface area contributed by atoms with Gasteiger partial charge in [0.1, 0.15) is 5.75 Å². The van der Waals surface area contributed by atoms with Crippen LogP contribution < -0.4 is 10.1 Å². The second-order valence-corrected chi connectivity index (χ2v) is 7.77. The number of methoxy groups -OCH3 is 1. The van der Waals surface area contributed by atoms with Crippen LogP contribution in [0.1, 0.15) is 38.8 Å². The molecule has 3 rings (SSSR count). The molecule has 2 amide bonds. The van der Waals surface area contributed by atoms with E-state index in [-0.39, 0.29) is 36.8 Å². The van der Waals surface area contributed by atoms with E-state index in [9.17, 15) is 19.8 Å². The summed E-state index contributed by atoms with van der Waals surface area (Å²) in [6.07, 6.45) is -0.732. The average molecular weight is 376 g/mol. The quantitative estimate of drug-likeness (QED) is 0.613. The molecule has 0 saturated carbocycles. The number of benzene rings is 1. The van der Waals surface area contributed by atoms with E-state index in [1.54, 1.807) is 12.0 Å². The minimum atomic E-state index is -1.30. The summed E-state index contributed by atoms with van der Waals surface area (Å²) < 4.78 is 5.18. The lowest BCUT2D eigenvalue weighted by Gasteiger charge is -2.57. The molecule has 2 fully saturated rings. The highest BCUT2D eigenvalue weighted by atomic mass is 16.5. The van der Waals surface area contributed by atoms with Crippen molar-refractivity contribution in [3.05, 3.63) is 29.8 Å². The van der Waals surface area contributed by atoms with Crippen LogP contribution in [0.3, 0.4) is 0 Å². The Bertz CT molecular complexity index is 720. The van der Waals surface area contributed by atoms with E-state index in [1.807, 2.05) is 45.0 Å². The summed E-state index contributed by atoms with van der Waals surface area (Å²) in [6.45, 7) is 5.40. The molecule has 0 aliphatic carbocycles. The van der Waals surface area contributed by atoms with Gasteiger partial charge in [-0.25, -0.2) is 0 Å². The van der Waals surface area contributed by atoms with Crippen LogP contribution in [0.25, 0.3) is 0 Å². The van der Waals surface area contributed by atoms with Gasteiger partial charge in [-0.1, -0.05) is 26.0 Å². The lowest BCUT2D eigenvalue weighted by atomic mass is 9.68. The minimum Gasteiger partial charge on any atom is -0.497 e. The Kier molecular flexibility index (Phi) is 5.18. The number of likely N-dealkylation sites (tertiary alicyclic amines) is 1. The molecule has 5 atom stereocenters. The summed E-state index contributed by atoms with van der Waals surface area (Å²) in [5, 5.41) is 23.0. The van der Waals surface area contributed by atoms with Crippen LogP contribution >= 0.6 is 0 Å². The van der Waals surface area contributed by atoms with E-state index in [0.29, 0.717) is 0 Å². The molecule has 0 bridgehead atoms. The van der Waals surface area contributed by atoms with Crippen LogP contribution in [0, 0.1) is 11.8 Å². The van der Waals surface area contributed by atoms with Gasteiger partial charge in [-0.3, -0.25) is 9.59 Å². The number of hydrogen-bond acceptors (Lipinski definition) is 5. The second-order valence-electron chi connectivity index (χ2n) is 7.77. The van der Waals surface area contributed by atoms with Crippen molar-refractivity contribution in [2.45, 2.75) is 50.9 Å². The number of hydrogen-bond donors (Lipinski definition) is 3. The largest absolute Gasteiger partial charge is 0.497 e. The number of ether oxygens (including phenoxy) is 1. The average Bonchev–Trinajstić information content (AvgIpc) is 2.91. The summed E-state index contributed by atoms with van der Waals surface area (Å²) in [7, 11) is 1.59. The van der Waals surface area contributed by atoms with Crippen LogP contribution in [0.2, 0.25) is 0 Å². The van der Waals surface area contributed by atoms with Crippen LogP contribution in [0.5, 0.6) is 5.75 Å². The molecule has 27 heavy (non-hydrogen) atoms. The molecular weight excluding hydrogens is 348 g/mol. The number of rotatable bonds is 7. The van der Waals surface area contributed by atoms with Gasteiger partial charge in [0, 0.05) is 6.61 Å². The number of aliphatic hydroxyl groups is 2. The number of aliphatic hydroxyl groups excluding tert-OH is 2. The van der Waals surface area contributed by atoms with Crippen LogP contribution in [0.15, 0.2) is 24.3 Å². The zero-order chi connectivity index (χ0) is 19.9. The minimum absolute atomic E-state index is 0.151. The Morgan fingerprint density at radius 3 is 2.37 bits per heavy atom. The summed E-state index contributed by atoms with van der Waals surface area (Å²) >= 11 is 0. The van der Waals surface area contributed by atoms with Crippen molar-refractivity contribution in [2.75, 3.05) is 13.7 Å². The summed E-state index contributed by atoms with van der Waals surface area (Å²) in [5.74, 6) is -0.566. The van der Waals surface area contributed by atoms with Crippen molar-refractivity contribution in [3.8, 4) is 5.75 Å². The maximum absolute atomic E-state index is 13.2. The number of nitrogens with one attached hydrogen (secondary N) is 1. The Balaban J connectivity index is 1.96. The number of amides is 2. The van der Waals surface area contributed by atoms with Gasteiger partial charge in [-0.2, -0.15) is 0 Å². The topological polar surface area (TPSA) is 99.1 Å². The highest BCUT2D eigenvalue weighted by molar-refractivity contribution is 6.04. The fraction of sp³-hybridized carbons (Fsp3) is 0.600. The normalized spacial score (nSPS) is 29.2. The van der Waals surface area contributed by atoms with Crippen LogP contribution in [-0.2, 0) is 9.59 Å². The van der Waals surface area contributed by atoms with Gasteiger partial charge >= 0.3 is 0 Å². The Hall–Kier alpha value is -2.12. The molecule has 148 valence electrons. The molecule has 2 heterocycles. The van der Waals surface area contributed by atoms with E-state index in [1.165, 1.54) is 0 Å². The van der Waals surface area contributed by atoms with Gasteiger partial charge in [0.25, 0.3) is 5.91 Å². The number of carbonyl (C=O) groups is 2. The van der Waals surface area contributed by atoms with Gasteiger partial charge in [-0.15, -0.1) is 0 Å². The highest BCUT2D eigenvalue weighted by Crippen LogP contribution is 2.49. The maximum atomic E-state index is 13.2. The third kappa shape index (κ3) is 2.80. The molecule has 7 nitrogen and oxygen atoms in total. The van der Waals surface area contributed by atoms with Crippen LogP contribution in [-0.4, -0.2) is 58.3 Å². The first-order chi connectivity index (χ1) is 12.8. The predicted octanol–water partition coefficient (Wildman–Crippen LogP) is 0.851. The molecule has 7 heteroatoms. The fourth-order valence-corrected chi connectivity index (χ4v) is 4.49. The van der Waals surface area contributed by atoms with Gasteiger partial charge in [0.05, 0.1) is 31.2 Å². The number of fused-ring (bicyclic) bond motifs is 1. The number of carbonyl (C=O) groups excluding carboxylic acids is 2. The van der Waals surface area contributed by atoms with Crippen molar-refractivity contribution < 1.29 is 24.5 Å². The standard InChI is InChI=1S/C20H28N2O5/c1-11(2)17(24)20-16(15(9-10-23)18(25)21-20)22(19(20)26)12(3)13-5-7-14(27-4)8-6-13/h5-8,11-12,15-17,23-24H,9-10H2,1-4H3,(H,21,25)/t12-,15+,16-,17-,20-/m0/s1. The maximum Gasteiger partial charge on any atom is 0.254 e. The lowest BCUT2D eigenvalue weighted by molar-refractivity contribution is -0.180. The zero-order valence-corrected chi connectivity index (χ0v) is 16.2. The van der Waals surface area contributed by atoms with Crippen molar-refractivity contribution in [3.63, 3.8) is 0 Å². The highest BCUT2D eigenvalue weighted by Gasteiger charge is 2.73. The molecular formula is C20H28N2O5. The Morgan fingerprint density at radius 2 is 1.85 bits per heavy atom. The predicted molar refractivity (Wildman–Crippen MR) is 99.0 cm³/mol. The van der Waals surface area contributed by atoms with E-state index in [4.69, 9.17) is 4.74 Å². The molecule has 0 unspecified atom stereocenters. The first kappa shape index (κ1) is 19.6. The van der Waals surface area contributed by atoms with Gasteiger partial charge < -0.3 is 25.2 Å².